The van der Waals surface area contributed by atoms with Crippen LogP contribution in [-0.4, -0.2) is 51.9 Å². The number of ether oxygens (including phenoxy) is 1. The molecule has 0 saturated carbocycles. The van der Waals surface area contributed by atoms with Gasteiger partial charge in [0.25, 0.3) is 0 Å². The van der Waals surface area contributed by atoms with Crippen LogP contribution < -0.4 is 10.1 Å². The maximum atomic E-state index is 11.8. The molecule has 1 heterocycles. The van der Waals surface area contributed by atoms with Crippen molar-refractivity contribution >= 4 is 40.5 Å². The van der Waals surface area contributed by atoms with Crippen molar-refractivity contribution < 1.29 is 29.3 Å². The van der Waals surface area contributed by atoms with Crippen molar-refractivity contribution in [2.24, 2.45) is 0 Å². The average Bonchev–Trinajstić information content (AvgIpc) is 2.62. The summed E-state index contributed by atoms with van der Waals surface area (Å²) in [6.07, 6.45) is -0.614. The van der Waals surface area contributed by atoms with Gasteiger partial charge < -0.3 is 20.3 Å². The highest BCUT2D eigenvalue weighted by atomic mass is 32.2. The van der Waals surface area contributed by atoms with Crippen molar-refractivity contribution in [2.45, 2.75) is 30.7 Å². The van der Waals surface area contributed by atoms with E-state index in [0.29, 0.717) is 5.75 Å². The van der Waals surface area contributed by atoms with E-state index < -0.39 is 23.9 Å². The van der Waals surface area contributed by atoms with Gasteiger partial charge in [0.15, 0.2) is 0 Å². The molecular weight excluding hydrogens is 372 g/mol. The maximum Gasteiger partial charge on any atom is 0.327 e. The van der Waals surface area contributed by atoms with Crippen LogP contribution in [0, 0.1) is 6.92 Å². The summed E-state index contributed by atoms with van der Waals surface area (Å²) in [6.45, 7) is 1.84. The summed E-state index contributed by atoms with van der Waals surface area (Å²) in [5.41, 5.74) is 1.54. The number of amides is 1. The first-order chi connectivity index (χ1) is 12.8. The van der Waals surface area contributed by atoms with Gasteiger partial charge in [-0.15, -0.1) is 11.8 Å². The summed E-state index contributed by atoms with van der Waals surface area (Å²) in [7, 11) is 1.56. The number of methoxy groups -OCH3 is 1. The van der Waals surface area contributed by atoms with Crippen molar-refractivity contribution in [1.82, 2.24) is 10.3 Å². The Morgan fingerprint density at radius 1 is 1.22 bits per heavy atom. The molecule has 8 nitrogen and oxygen atoms in total. The Balaban J connectivity index is 2.15. The fraction of sp³-hybridized carbons (Fsp3) is 0.333. The topological polar surface area (TPSA) is 126 Å². The molecule has 3 N–H and O–H groups in total. The zero-order valence-electron chi connectivity index (χ0n) is 14.9. The van der Waals surface area contributed by atoms with Gasteiger partial charge in [-0.25, -0.2) is 4.79 Å². The van der Waals surface area contributed by atoms with Gasteiger partial charge in [-0.05, 0) is 31.2 Å². The zero-order valence-corrected chi connectivity index (χ0v) is 15.7. The Labute approximate surface area is 159 Å². The van der Waals surface area contributed by atoms with Gasteiger partial charge in [0.1, 0.15) is 11.8 Å². The zero-order chi connectivity index (χ0) is 20.0. The Morgan fingerprint density at radius 3 is 2.59 bits per heavy atom. The van der Waals surface area contributed by atoms with E-state index in [2.05, 4.69) is 10.3 Å². The van der Waals surface area contributed by atoms with Crippen LogP contribution in [0.3, 0.4) is 0 Å². The van der Waals surface area contributed by atoms with Crippen molar-refractivity contribution in [2.75, 3.05) is 12.9 Å². The Kier molecular flexibility index (Phi) is 7.00. The van der Waals surface area contributed by atoms with Crippen molar-refractivity contribution in [3.05, 3.63) is 30.0 Å². The molecule has 0 saturated heterocycles. The molecule has 9 heteroatoms. The monoisotopic (exact) mass is 392 g/mol. The van der Waals surface area contributed by atoms with E-state index in [1.165, 1.54) is 11.8 Å². The summed E-state index contributed by atoms with van der Waals surface area (Å²) in [4.78, 5) is 39.0. The van der Waals surface area contributed by atoms with Crippen molar-refractivity contribution in [3.8, 4) is 5.75 Å². The van der Waals surface area contributed by atoms with Gasteiger partial charge in [0.2, 0.25) is 5.91 Å². The number of thioether (sulfide) groups is 1. The number of aryl methyl sites for hydroxylation is 1. The lowest BCUT2D eigenvalue weighted by Crippen LogP contribution is -2.42. The number of benzene rings is 1. The van der Waals surface area contributed by atoms with E-state index in [1.807, 2.05) is 25.1 Å². The second-order valence-corrected chi connectivity index (χ2v) is 6.87. The van der Waals surface area contributed by atoms with E-state index in [1.54, 1.807) is 13.2 Å². The van der Waals surface area contributed by atoms with Gasteiger partial charge in [0.05, 0.1) is 19.0 Å². The lowest BCUT2D eigenvalue weighted by atomic mass is 10.2. The summed E-state index contributed by atoms with van der Waals surface area (Å²) >= 11 is 1.28. The van der Waals surface area contributed by atoms with Gasteiger partial charge >= 0.3 is 11.9 Å². The molecule has 2 aromatic rings. The maximum absolute atomic E-state index is 11.8. The van der Waals surface area contributed by atoms with Crippen LogP contribution in [-0.2, 0) is 14.4 Å². The number of hydrogen-bond donors (Lipinski definition) is 3. The lowest BCUT2D eigenvalue weighted by Gasteiger charge is -2.15. The quantitative estimate of drug-likeness (QED) is 0.554. The number of fused-ring (bicyclic) bond motifs is 1. The van der Waals surface area contributed by atoms with E-state index in [4.69, 9.17) is 9.84 Å². The fourth-order valence-corrected chi connectivity index (χ4v) is 3.53. The Hall–Kier alpha value is -2.81. The normalized spacial score (nSPS) is 11.8. The second kappa shape index (κ2) is 9.22. The number of carboxylic acids is 2. The molecule has 1 aromatic heterocycles. The van der Waals surface area contributed by atoms with E-state index in [-0.39, 0.29) is 18.6 Å². The fourth-order valence-electron chi connectivity index (χ4n) is 2.38. The summed E-state index contributed by atoms with van der Waals surface area (Å²) < 4.78 is 5.23. The van der Waals surface area contributed by atoms with Crippen LogP contribution in [0.1, 0.15) is 18.5 Å². The molecular formula is C18H20N2O6S. The number of nitrogens with one attached hydrogen (secondary N) is 1. The number of hydrogen-bond acceptors (Lipinski definition) is 6. The van der Waals surface area contributed by atoms with Gasteiger partial charge in [0, 0.05) is 28.1 Å². The average molecular weight is 392 g/mol. The number of pyridine rings is 1. The highest BCUT2D eigenvalue weighted by Crippen LogP contribution is 2.31. The first-order valence-corrected chi connectivity index (χ1v) is 9.11. The number of carbonyl (C=O) groups is 3. The number of aromatic nitrogens is 1. The third kappa shape index (κ3) is 5.85. The first-order valence-electron chi connectivity index (χ1n) is 8.12. The second-order valence-electron chi connectivity index (χ2n) is 5.81. The van der Waals surface area contributed by atoms with Crippen LogP contribution in [0.2, 0.25) is 0 Å². The molecule has 0 aliphatic rings. The third-order valence-electron chi connectivity index (χ3n) is 3.71. The minimum Gasteiger partial charge on any atom is -0.497 e. The van der Waals surface area contributed by atoms with Gasteiger partial charge in [-0.1, -0.05) is 0 Å². The first kappa shape index (κ1) is 20.5. The molecule has 2 rings (SSSR count). The van der Waals surface area contributed by atoms with Crippen LogP contribution in [0.4, 0.5) is 0 Å². The highest BCUT2D eigenvalue weighted by molar-refractivity contribution is 7.99. The number of aliphatic carboxylic acids is 2. The summed E-state index contributed by atoms with van der Waals surface area (Å²) in [6, 6.07) is 6.16. The minimum atomic E-state index is -1.18. The highest BCUT2D eigenvalue weighted by Gasteiger charge is 2.21. The summed E-state index contributed by atoms with van der Waals surface area (Å²) in [5.74, 6) is -2.16. The van der Waals surface area contributed by atoms with Crippen molar-refractivity contribution in [1.29, 1.82) is 0 Å². The molecule has 1 amide bonds. The number of carboxylic acid groups (broad SMARTS) is 2. The molecule has 144 valence electrons. The molecule has 0 spiro atoms. The van der Waals surface area contributed by atoms with E-state index in [9.17, 15) is 19.5 Å². The van der Waals surface area contributed by atoms with Gasteiger partial charge in [-0.3, -0.25) is 14.6 Å². The lowest BCUT2D eigenvalue weighted by molar-refractivity contribution is -0.141. The van der Waals surface area contributed by atoms with Crippen LogP contribution >= 0.6 is 11.8 Å². The number of nitrogens with zero attached hydrogens (tertiary/aromatic N) is 1. The molecule has 1 aromatic carbocycles. The largest absolute Gasteiger partial charge is 0.497 e. The molecule has 0 fully saturated rings. The Morgan fingerprint density at radius 2 is 1.96 bits per heavy atom. The number of rotatable bonds is 9. The van der Waals surface area contributed by atoms with Crippen LogP contribution in [0.25, 0.3) is 10.9 Å². The molecule has 0 unspecified atom stereocenters. The predicted molar refractivity (Wildman–Crippen MR) is 100 cm³/mol. The van der Waals surface area contributed by atoms with Crippen LogP contribution in [0.5, 0.6) is 5.75 Å². The standard InChI is InChI=1S/C18H20N2O6S/c1-10-7-15(12-8-11(26-2)3-4-13(12)19-10)27-9-14(18(24)25)20-16(21)5-6-17(22)23/h3-4,7-8,14H,5-6,9H2,1-2H3,(H,20,21)(H,22,23)(H,24,25)/t14-/m0/s1. The molecule has 27 heavy (non-hydrogen) atoms. The molecule has 1 atom stereocenters. The minimum absolute atomic E-state index is 0.0872. The third-order valence-corrected chi connectivity index (χ3v) is 4.86. The molecule has 0 radical (unpaired) electrons. The van der Waals surface area contributed by atoms with Gasteiger partial charge in [-0.2, -0.15) is 0 Å². The van der Waals surface area contributed by atoms with Crippen LogP contribution in [0.15, 0.2) is 29.2 Å². The number of carbonyl (C=O) groups excluding carboxylic acids is 1. The summed E-state index contributed by atoms with van der Waals surface area (Å²) in [5, 5.41) is 21.2. The molecule has 0 aliphatic heterocycles. The van der Waals surface area contributed by atoms with E-state index >= 15 is 0 Å². The molecule has 0 bridgehead atoms. The van der Waals surface area contributed by atoms with E-state index in [0.717, 1.165) is 21.5 Å². The molecule has 0 aliphatic carbocycles. The Bertz CT molecular complexity index is 870. The predicted octanol–water partition coefficient (Wildman–Crippen LogP) is 2.08. The van der Waals surface area contributed by atoms with Crippen molar-refractivity contribution in [3.63, 3.8) is 0 Å². The smallest absolute Gasteiger partial charge is 0.327 e. The SMILES string of the molecule is COc1ccc2nc(C)cc(SC[C@H](NC(=O)CCC(=O)O)C(=O)O)c2c1.